The number of aliphatic hydroxyl groups is 1. The van der Waals surface area contributed by atoms with E-state index in [1.807, 2.05) is 25.5 Å². The lowest BCUT2D eigenvalue weighted by molar-refractivity contribution is 0.112. The minimum atomic E-state index is -0.264. The number of aldehydes is 1. The summed E-state index contributed by atoms with van der Waals surface area (Å²) >= 11 is 1.45. The monoisotopic (exact) mass is 254 g/mol. The molecular formula is C12H18N2O2S. The summed E-state index contributed by atoms with van der Waals surface area (Å²) in [5.41, 5.74) is 1.06. The van der Waals surface area contributed by atoms with Crippen LogP contribution in [0.2, 0.25) is 0 Å². The first-order valence-electron chi connectivity index (χ1n) is 5.73. The van der Waals surface area contributed by atoms with Gasteiger partial charge in [0.15, 0.2) is 6.29 Å². The number of anilines is 1. The third kappa shape index (κ3) is 2.86. The molecule has 1 aromatic rings. The van der Waals surface area contributed by atoms with Crippen LogP contribution in [0.4, 0.5) is 5.69 Å². The summed E-state index contributed by atoms with van der Waals surface area (Å²) in [6.45, 7) is 1.58. The minimum absolute atomic E-state index is 0.264. The fraction of sp³-hybridized carbons (Fsp3) is 0.583. The fourth-order valence-electron chi connectivity index (χ4n) is 2.36. The van der Waals surface area contributed by atoms with Crippen molar-refractivity contribution in [1.82, 2.24) is 4.90 Å². The average molecular weight is 254 g/mol. The van der Waals surface area contributed by atoms with E-state index in [-0.39, 0.29) is 6.10 Å². The Kier molecular flexibility index (Phi) is 3.81. The van der Waals surface area contributed by atoms with Crippen molar-refractivity contribution in [1.29, 1.82) is 0 Å². The summed E-state index contributed by atoms with van der Waals surface area (Å²) in [6, 6.07) is 2.23. The third-order valence-electron chi connectivity index (χ3n) is 3.02. The molecule has 0 radical (unpaired) electrons. The van der Waals surface area contributed by atoms with E-state index in [0.717, 1.165) is 29.8 Å². The molecule has 0 saturated carbocycles. The molecule has 0 aliphatic carbocycles. The fourth-order valence-corrected chi connectivity index (χ4v) is 3.06. The Labute approximate surface area is 105 Å². The van der Waals surface area contributed by atoms with Gasteiger partial charge in [-0.15, -0.1) is 11.3 Å². The van der Waals surface area contributed by atoms with Gasteiger partial charge >= 0.3 is 0 Å². The van der Waals surface area contributed by atoms with Crippen molar-refractivity contribution < 1.29 is 9.90 Å². The molecule has 2 heterocycles. The zero-order valence-corrected chi connectivity index (χ0v) is 11.0. The maximum atomic E-state index is 10.7. The van der Waals surface area contributed by atoms with Gasteiger partial charge in [0.05, 0.1) is 11.0 Å². The molecule has 4 nitrogen and oxygen atoms in total. The molecule has 17 heavy (non-hydrogen) atoms. The Bertz CT molecular complexity index is 392. The van der Waals surface area contributed by atoms with Crippen LogP contribution in [0.5, 0.6) is 0 Å². The number of hydrogen-bond acceptors (Lipinski definition) is 5. The highest BCUT2D eigenvalue weighted by atomic mass is 32.1. The van der Waals surface area contributed by atoms with Crippen LogP contribution in [0.15, 0.2) is 11.4 Å². The molecule has 0 bridgehead atoms. The highest BCUT2D eigenvalue weighted by Crippen LogP contribution is 2.29. The number of likely N-dealkylation sites (N-methyl/N-ethyl adjacent to an activating group) is 1. The largest absolute Gasteiger partial charge is 0.391 e. The van der Waals surface area contributed by atoms with Crippen molar-refractivity contribution in [3.8, 4) is 0 Å². The number of hydrogen-bond donors (Lipinski definition) is 1. The van der Waals surface area contributed by atoms with E-state index < -0.39 is 0 Å². The van der Waals surface area contributed by atoms with E-state index in [9.17, 15) is 9.90 Å². The van der Waals surface area contributed by atoms with E-state index in [1.165, 1.54) is 11.3 Å². The van der Waals surface area contributed by atoms with E-state index in [0.29, 0.717) is 12.6 Å². The number of β-amino-alcohol motifs (C(OH)–C–C–N with tert-alkyl or cyclic N) is 1. The van der Waals surface area contributed by atoms with Crippen LogP contribution in [-0.4, -0.2) is 55.6 Å². The SMILES string of the molecule is CN(C)CC1CC(O)CN1c1csc(C=O)c1. The summed E-state index contributed by atoms with van der Waals surface area (Å²) in [4.78, 5) is 15.8. The molecular weight excluding hydrogens is 236 g/mol. The van der Waals surface area contributed by atoms with Gasteiger partial charge in [-0.3, -0.25) is 4.79 Å². The van der Waals surface area contributed by atoms with Gasteiger partial charge in [-0.1, -0.05) is 0 Å². The second-order valence-corrected chi connectivity index (χ2v) is 5.73. The van der Waals surface area contributed by atoms with Crippen molar-refractivity contribution in [3.63, 3.8) is 0 Å². The number of thiophene rings is 1. The molecule has 1 aliphatic heterocycles. The highest BCUT2D eigenvalue weighted by Gasteiger charge is 2.31. The molecule has 5 heteroatoms. The van der Waals surface area contributed by atoms with Crippen molar-refractivity contribution in [2.75, 3.05) is 32.1 Å². The van der Waals surface area contributed by atoms with Gasteiger partial charge in [-0.25, -0.2) is 0 Å². The molecule has 1 aromatic heterocycles. The Balaban J connectivity index is 2.14. The second-order valence-electron chi connectivity index (χ2n) is 4.78. The molecule has 0 aromatic carbocycles. The van der Waals surface area contributed by atoms with Gasteiger partial charge in [0.2, 0.25) is 0 Å². The number of aliphatic hydroxyl groups excluding tert-OH is 1. The second kappa shape index (κ2) is 5.16. The molecule has 0 amide bonds. The predicted molar refractivity (Wildman–Crippen MR) is 70.0 cm³/mol. The van der Waals surface area contributed by atoms with E-state index in [2.05, 4.69) is 9.80 Å². The molecule has 1 aliphatic rings. The first-order valence-corrected chi connectivity index (χ1v) is 6.61. The lowest BCUT2D eigenvalue weighted by Gasteiger charge is -2.27. The lowest BCUT2D eigenvalue weighted by atomic mass is 10.2. The minimum Gasteiger partial charge on any atom is -0.391 e. The molecule has 94 valence electrons. The topological polar surface area (TPSA) is 43.8 Å². The summed E-state index contributed by atoms with van der Waals surface area (Å²) in [6.07, 6.45) is 1.41. The van der Waals surface area contributed by atoms with Crippen LogP contribution in [0.3, 0.4) is 0 Å². The van der Waals surface area contributed by atoms with Gasteiger partial charge in [0.1, 0.15) is 0 Å². The zero-order chi connectivity index (χ0) is 12.4. The van der Waals surface area contributed by atoms with E-state index in [1.54, 1.807) is 0 Å². The first-order chi connectivity index (χ1) is 8.10. The highest BCUT2D eigenvalue weighted by molar-refractivity contribution is 7.12. The van der Waals surface area contributed by atoms with E-state index in [4.69, 9.17) is 0 Å². The summed E-state index contributed by atoms with van der Waals surface area (Å²) in [5.74, 6) is 0. The lowest BCUT2D eigenvalue weighted by Crippen LogP contribution is -2.37. The molecule has 0 spiro atoms. The first kappa shape index (κ1) is 12.5. The van der Waals surface area contributed by atoms with E-state index >= 15 is 0 Å². The molecule has 2 rings (SSSR count). The number of nitrogens with zero attached hydrogens (tertiary/aromatic N) is 2. The Morgan fingerprint density at radius 3 is 3.00 bits per heavy atom. The Morgan fingerprint density at radius 2 is 2.41 bits per heavy atom. The number of rotatable bonds is 4. The van der Waals surface area contributed by atoms with Crippen LogP contribution in [0, 0.1) is 0 Å². The maximum absolute atomic E-state index is 10.7. The average Bonchev–Trinajstić information content (AvgIpc) is 2.83. The van der Waals surface area contributed by atoms with Gasteiger partial charge < -0.3 is 14.9 Å². The van der Waals surface area contributed by atoms with Crippen LogP contribution >= 0.6 is 11.3 Å². The van der Waals surface area contributed by atoms with Gasteiger partial charge in [-0.2, -0.15) is 0 Å². The summed E-state index contributed by atoms with van der Waals surface area (Å²) in [7, 11) is 4.07. The van der Waals surface area contributed by atoms with Gasteiger partial charge in [-0.05, 0) is 26.6 Å². The Morgan fingerprint density at radius 1 is 1.65 bits per heavy atom. The molecule has 2 atom stereocenters. The standard InChI is InChI=1S/C12H18N2O2S/c1-13(2)5-9-3-11(16)6-14(9)10-4-12(7-15)17-8-10/h4,7-9,11,16H,3,5-6H2,1-2H3. The van der Waals surface area contributed by atoms with Crippen LogP contribution in [0.25, 0.3) is 0 Å². The number of carbonyl (C=O) groups is 1. The van der Waals surface area contributed by atoms with Crippen molar-refractivity contribution in [2.45, 2.75) is 18.6 Å². The van der Waals surface area contributed by atoms with Crippen molar-refractivity contribution >= 4 is 23.3 Å². The van der Waals surface area contributed by atoms with Gasteiger partial charge in [0, 0.05) is 30.2 Å². The quantitative estimate of drug-likeness (QED) is 0.816. The predicted octanol–water partition coefficient (Wildman–Crippen LogP) is 1.06. The van der Waals surface area contributed by atoms with Crippen molar-refractivity contribution in [3.05, 3.63) is 16.3 Å². The van der Waals surface area contributed by atoms with Crippen LogP contribution in [-0.2, 0) is 0 Å². The molecule has 2 unspecified atom stereocenters. The van der Waals surface area contributed by atoms with Crippen LogP contribution in [0.1, 0.15) is 16.1 Å². The normalized spacial score (nSPS) is 24.6. The summed E-state index contributed by atoms with van der Waals surface area (Å²) < 4.78 is 0. The third-order valence-corrected chi connectivity index (χ3v) is 3.87. The zero-order valence-electron chi connectivity index (χ0n) is 10.2. The number of carbonyl (C=O) groups excluding carboxylic acids is 1. The van der Waals surface area contributed by atoms with Crippen molar-refractivity contribution in [2.24, 2.45) is 0 Å². The Hall–Kier alpha value is -0.910. The van der Waals surface area contributed by atoms with Gasteiger partial charge in [0.25, 0.3) is 0 Å². The summed E-state index contributed by atoms with van der Waals surface area (Å²) in [5, 5.41) is 11.8. The molecule has 1 saturated heterocycles. The van der Waals surface area contributed by atoms with Crippen LogP contribution < -0.4 is 4.90 Å². The smallest absolute Gasteiger partial charge is 0.160 e. The molecule has 1 N–H and O–H groups in total. The maximum Gasteiger partial charge on any atom is 0.160 e. The molecule has 1 fully saturated rings.